The molecule has 1 aliphatic rings. The average Bonchev–Trinajstić information content (AvgIpc) is 2.38. The normalized spacial score (nSPS) is 18.6. The summed E-state index contributed by atoms with van der Waals surface area (Å²) in [6.45, 7) is 1.93. The van der Waals surface area contributed by atoms with Crippen molar-refractivity contribution in [3.63, 3.8) is 0 Å². The van der Waals surface area contributed by atoms with Crippen molar-refractivity contribution in [2.24, 2.45) is 0 Å². The predicted octanol–water partition coefficient (Wildman–Crippen LogP) is 2.39. The lowest BCUT2D eigenvalue weighted by molar-refractivity contribution is 0.0696. The fourth-order valence-electron chi connectivity index (χ4n) is 2.59. The van der Waals surface area contributed by atoms with Gasteiger partial charge in [-0.25, -0.2) is 17.9 Å². The zero-order chi connectivity index (χ0) is 14.8. The van der Waals surface area contributed by atoms with Crippen LogP contribution in [0.1, 0.15) is 49.4 Å². The van der Waals surface area contributed by atoms with E-state index in [2.05, 4.69) is 4.72 Å². The number of carboxylic acids is 1. The third-order valence-electron chi connectivity index (χ3n) is 3.75. The maximum absolute atomic E-state index is 12.3. The second-order valence-corrected chi connectivity index (χ2v) is 7.24. The topological polar surface area (TPSA) is 83.5 Å². The van der Waals surface area contributed by atoms with Gasteiger partial charge in [0.15, 0.2) is 0 Å². The van der Waals surface area contributed by atoms with Gasteiger partial charge in [0.05, 0.1) is 10.5 Å². The number of hydrogen-bond donors (Lipinski definition) is 2. The van der Waals surface area contributed by atoms with E-state index in [4.69, 9.17) is 5.11 Å². The number of aromatic carboxylic acids is 1. The average molecular weight is 297 g/mol. The zero-order valence-electron chi connectivity index (χ0n) is 11.4. The second-order valence-electron chi connectivity index (χ2n) is 5.56. The van der Waals surface area contributed by atoms with Crippen LogP contribution in [0.3, 0.4) is 0 Å². The van der Waals surface area contributed by atoms with Crippen molar-refractivity contribution < 1.29 is 18.3 Å². The van der Waals surface area contributed by atoms with Crippen LogP contribution < -0.4 is 4.72 Å². The van der Waals surface area contributed by atoms with Gasteiger partial charge in [-0.15, -0.1) is 0 Å². The molecule has 2 rings (SSSR count). The molecule has 1 saturated carbocycles. The van der Waals surface area contributed by atoms with Gasteiger partial charge < -0.3 is 5.11 Å². The number of rotatable bonds is 4. The second kappa shape index (κ2) is 5.54. The highest BCUT2D eigenvalue weighted by Crippen LogP contribution is 2.29. The van der Waals surface area contributed by atoms with E-state index in [0.29, 0.717) is 0 Å². The Morgan fingerprint density at radius 3 is 2.20 bits per heavy atom. The Morgan fingerprint density at radius 2 is 1.70 bits per heavy atom. The Hall–Kier alpha value is -1.40. The fraction of sp³-hybridized carbons (Fsp3) is 0.500. The number of carboxylic acid groups (broad SMARTS) is 1. The van der Waals surface area contributed by atoms with E-state index in [1.807, 2.05) is 6.92 Å². The summed E-state index contributed by atoms with van der Waals surface area (Å²) in [5.74, 6) is -1.07. The van der Waals surface area contributed by atoms with Gasteiger partial charge in [-0.2, -0.15) is 0 Å². The molecule has 0 atom stereocenters. The summed E-state index contributed by atoms with van der Waals surface area (Å²) in [7, 11) is -3.60. The van der Waals surface area contributed by atoms with Crippen molar-refractivity contribution in [1.29, 1.82) is 0 Å². The third kappa shape index (κ3) is 3.37. The van der Waals surface area contributed by atoms with Crippen molar-refractivity contribution in [2.45, 2.75) is 49.5 Å². The van der Waals surface area contributed by atoms with E-state index in [-0.39, 0.29) is 10.5 Å². The Labute approximate surface area is 119 Å². The van der Waals surface area contributed by atoms with Crippen molar-refractivity contribution in [1.82, 2.24) is 4.72 Å². The van der Waals surface area contributed by atoms with Crippen LogP contribution in [-0.4, -0.2) is 25.0 Å². The van der Waals surface area contributed by atoms with Crippen LogP contribution >= 0.6 is 0 Å². The van der Waals surface area contributed by atoms with Gasteiger partial charge in [0, 0.05) is 5.54 Å². The summed E-state index contributed by atoms with van der Waals surface area (Å²) >= 11 is 0. The van der Waals surface area contributed by atoms with Gasteiger partial charge in [-0.1, -0.05) is 19.3 Å². The van der Waals surface area contributed by atoms with Gasteiger partial charge >= 0.3 is 5.97 Å². The first-order valence-corrected chi connectivity index (χ1v) is 8.18. The highest BCUT2D eigenvalue weighted by Gasteiger charge is 2.31. The minimum atomic E-state index is -3.60. The molecule has 0 heterocycles. The molecule has 2 N–H and O–H groups in total. The van der Waals surface area contributed by atoms with Gasteiger partial charge in [0.1, 0.15) is 0 Å². The molecule has 0 aliphatic heterocycles. The molecule has 1 fully saturated rings. The molecule has 0 amide bonds. The highest BCUT2D eigenvalue weighted by molar-refractivity contribution is 7.89. The van der Waals surface area contributed by atoms with Gasteiger partial charge in [0.2, 0.25) is 10.0 Å². The molecule has 1 aromatic rings. The highest BCUT2D eigenvalue weighted by atomic mass is 32.2. The lowest BCUT2D eigenvalue weighted by atomic mass is 9.84. The number of hydrogen-bond acceptors (Lipinski definition) is 3. The lowest BCUT2D eigenvalue weighted by Crippen LogP contribution is -2.47. The summed E-state index contributed by atoms with van der Waals surface area (Å²) in [4.78, 5) is 10.9. The quantitative estimate of drug-likeness (QED) is 0.893. The Balaban J connectivity index is 2.19. The van der Waals surface area contributed by atoms with E-state index in [0.717, 1.165) is 32.1 Å². The van der Waals surface area contributed by atoms with Crippen LogP contribution in [0.2, 0.25) is 0 Å². The minimum Gasteiger partial charge on any atom is -0.478 e. The Kier molecular flexibility index (Phi) is 4.15. The van der Waals surface area contributed by atoms with E-state index in [1.54, 1.807) is 0 Å². The van der Waals surface area contributed by atoms with Crippen LogP contribution in [0, 0.1) is 0 Å². The van der Waals surface area contributed by atoms with E-state index in [9.17, 15) is 13.2 Å². The standard InChI is InChI=1S/C14H19NO4S/c1-14(9-3-2-4-10-14)15-20(18,19)12-7-5-11(6-8-12)13(16)17/h5-8,15H,2-4,9-10H2,1H3,(H,16,17). The van der Waals surface area contributed by atoms with Crippen molar-refractivity contribution in [2.75, 3.05) is 0 Å². The van der Waals surface area contributed by atoms with E-state index >= 15 is 0 Å². The van der Waals surface area contributed by atoms with Crippen molar-refractivity contribution >= 4 is 16.0 Å². The summed E-state index contributed by atoms with van der Waals surface area (Å²) < 4.78 is 27.4. The largest absolute Gasteiger partial charge is 0.478 e. The molecule has 0 radical (unpaired) electrons. The smallest absolute Gasteiger partial charge is 0.335 e. The van der Waals surface area contributed by atoms with Crippen LogP contribution in [-0.2, 0) is 10.0 Å². The summed E-state index contributed by atoms with van der Waals surface area (Å²) in [6, 6.07) is 5.27. The Morgan fingerprint density at radius 1 is 1.15 bits per heavy atom. The van der Waals surface area contributed by atoms with Crippen LogP contribution in [0.4, 0.5) is 0 Å². The number of nitrogens with one attached hydrogen (secondary N) is 1. The van der Waals surface area contributed by atoms with Crippen LogP contribution in [0.5, 0.6) is 0 Å². The van der Waals surface area contributed by atoms with Gasteiger partial charge in [0.25, 0.3) is 0 Å². The third-order valence-corrected chi connectivity index (χ3v) is 5.40. The zero-order valence-corrected chi connectivity index (χ0v) is 12.2. The van der Waals surface area contributed by atoms with Crippen LogP contribution in [0.15, 0.2) is 29.2 Å². The fourth-order valence-corrected chi connectivity index (χ4v) is 4.06. The maximum Gasteiger partial charge on any atom is 0.335 e. The molecule has 110 valence electrons. The number of benzene rings is 1. The molecule has 5 nitrogen and oxygen atoms in total. The number of sulfonamides is 1. The molecule has 20 heavy (non-hydrogen) atoms. The first-order valence-electron chi connectivity index (χ1n) is 6.70. The van der Waals surface area contributed by atoms with Crippen molar-refractivity contribution in [3.05, 3.63) is 29.8 Å². The molecular formula is C14H19NO4S. The predicted molar refractivity (Wildman–Crippen MR) is 75.2 cm³/mol. The molecule has 0 unspecified atom stereocenters. The lowest BCUT2D eigenvalue weighted by Gasteiger charge is -2.34. The molecular weight excluding hydrogens is 278 g/mol. The Bertz CT molecular complexity index is 586. The minimum absolute atomic E-state index is 0.0767. The molecule has 6 heteroatoms. The van der Waals surface area contributed by atoms with Crippen LogP contribution in [0.25, 0.3) is 0 Å². The molecule has 1 aliphatic carbocycles. The number of carbonyl (C=O) groups is 1. The first-order chi connectivity index (χ1) is 9.32. The van der Waals surface area contributed by atoms with Crippen molar-refractivity contribution in [3.8, 4) is 0 Å². The molecule has 0 aromatic heterocycles. The molecule has 0 spiro atoms. The van der Waals surface area contributed by atoms with Gasteiger partial charge in [-0.3, -0.25) is 0 Å². The first kappa shape index (κ1) is 15.0. The summed E-state index contributed by atoms with van der Waals surface area (Å²) in [6.07, 6.45) is 4.86. The monoisotopic (exact) mass is 297 g/mol. The molecule has 0 saturated heterocycles. The SMILES string of the molecule is CC1(NS(=O)(=O)c2ccc(C(=O)O)cc2)CCCCC1. The summed E-state index contributed by atoms with van der Waals surface area (Å²) in [5.41, 5.74) is -0.324. The van der Waals surface area contributed by atoms with Gasteiger partial charge in [-0.05, 0) is 44.0 Å². The maximum atomic E-state index is 12.3. The molecule has 0 bridgehead atoms. The molecule has 1 aromatic carbocycles. The summed E-state index contributed by atoms with van der Waals surface area (Å²) in [5, 5.41) is 8.82. The van der Waals surface area contributed by atoms with E-state index < -0.39 is 21.5 Å². The van der Waals surface area contributed by atoms with E-state index in [1.165, 1.54) is 24.3 Å².